The van der Waals surface area contributed by atoms with Crippen molar-refractivity contribution in [3.63, 3.8) is 0 Å². The lowest BCUT2D eigenvalue weighted by Gasteiger charge is -2.17. The van der Waals surface area contributed by atoms with Crippen LogP contribution in [0.1, 0.15) is 56.8 Å². The fraction of sp³-hybridized carbons (Fsp3) is 0.714. The quantitative estimate of drug-likeness (QED) is 0.748. The van der Waals surface area contributed by atoms with Crippen LogP contribution in [0.3, 0.4) is 0 Å². The Kier molecular flexibility index (Phi) is 5.20. The van der Waals surface area contributed by atoms with Crippen LogP contribution in [0, 0.1) is 5.92 Å². The molecule has 0 fully saturated rings. The van der Waals surface area contributed by atoms with Gasteiger partial charge in [-0.05, 0) is 33.1 Å². The molecule has 0 aromatic carbocycles. The zero-order valence-electron chi connectivity index (χ0n) is 13.4. The monoisotopic (exact) mass is 317 g/mol. The largest absolute Gasteiger partial charge is 0.460 e. The molecule has 1 aromatic heterocycles. The third-order valence-electron chi connectivity index (χ3n) is 3.20. The summed E-state index contributed by atoms with van der Waals surface area (Å²) in [7, 11) is -3.43. The molecular formula is C14H23NO5S. The molecule has 0 aliphatic heterocycles. The number of rotatable bonds is 6. The number of carbonyl (C=O) groups is 1. The highest BCUT2D eigenvalue weighted by molar-refractivity contribution is 7.91. The Hall–Kier alpha value is -1.37. The molecule has 1 aromatic rings. The van der Waals surface area contributed by atoms with Crippen molar-refractivity contribution < 1.29 is 22.4 Å². The Balaban J connectivity index is 3.35. The summed E-state index contributed by atoms with van der Waals surface area (Å²) in [4.78, 5) is 16.2. The van der Waals surface area contributed by atoms with Crippen LogP contribution in [0.15, 0.2) is 4.42 Å². The van der Waals surface area contributed by atoms with E-state index in [1.165, 1.54) is 13.8 Å². The second-order valence-electron chi connectivity index (χ2n) is 5.90. The highest BCUT2D eigenvalue weighted by atomic mass is 32.2. The van der Waals surface area contributed by atoms with Gasteiger partial charge < -0.3 is 9.15 Å². The Morgan fingerprint density at radius 1 is 1.38 bits per heavy atom. The molecule has 0 N–H and O–H groups in total. The van der Waals surface area contributed by atoms with Crippen LogP contribution in [-0.4, -0.2) is 32.2 Å². The van der Waals surface area contributed by atoms with E-state index < -0.39 is 20.6 Å². The van der Waals surface area contributed by atoms with Crippen LogP contribution >= 0.6 is 0 Å². The van der Waals surface area contributed by atoms with E-state index in [1.54, 1.807) is 6.92 Å². The molecule has 21 heavy (non-hydrogen) atoms. The first-order valence-corrected chi connectivity index (χ1v) is 8.76. The van der Waals surface area contributed by atoms with Crippen molar-refractivity contribution in [3.05, 3.63) is 17.3 Å². The van der Waals surface area contributed by atoms with Gasteiger partial charge in [-0.15, -0.1) is 0 Å². The van der Waals surface area contributed by atoms with Gasteiger partial charge >= 0.3 is 5.97 Å². The molecule has 0 bridgehead atoms. The molecule has 0 aliphatic carbocycles. The Morgan fingerprint density at radius 3 is 2.38 bits per heavy atom. The maximum absolute atomic E-state index is 11.9. The third kappa shape index (κ3) is 3.84. The molecule has 0 saturated carbocycles. The number of aromatic nitrogens is 1. The van der Waals surface area contributed by atoms with Gasteiger partial charge in [0.1, 0.15) is 4.75 Å². The summed E-state index contributed by atoms with van der Waals surface area (Å²) in [5.41, 5.74) is 0.440. The molecule has 7 heteroatoms. The van der Waals surface area contributed by atoms with Crippen LogP contribution in [0.5, 0.6) is 0 Å². The number of hydrogen-bond acceptors (Lipinski definition) is 6. The standard InChI is InChI=1S/C14H23NO5S/c1-7-19-12(16)11-10(8-9(2)3)15-13(20-11)14(4,5)21(6,17)18/h9H,7-8H2,1-6H3. The van der Waals surface area contributed by atoms with Gasteiger partial charge in [0.2, 0.25) is 11.7 Å². The minimum absolute atomic E-state index is 0.00252. The molecule has 0 spiro atoms. The number of nitrogens with zero attached hydrogens (tertiary/aromatic N) is 1. The average molecular weight is 317 g/mol. The lowest BCUT2D eigenvalue weighted by molar-refractivity contribution is 0.0485. The molecular weight excluding hydrogens is 294 g/mol. The summed E-state index contributed by atoms with van der Waals surface area (Å²) in [6.45, 7) is 8.86. The van der Waals surface area contributed by atoms with Crippen molar-refractivity contribution in [1.29, 1.82) is 0 Å². The number of ether oxygens (including phenoxy) is 1. The SMILES string of the molecule is CCOC(=O)c1oc(C(C)(C)S(C)(=O)=O)nc1CC(C)C. The first-order valence-electron chi connectivity index (χ1n) is 6.87. The van der Waals surface area contributed by atoms with E-state index in [9.17, 15) is 13.2 Å². The van der Waals surface area contributed by atoms with Crippen LogP contribution in [-0.2, 0) is 25.7 Å². The Labute approximate surface area is 125 Å². The predicted molar refractivity (Wildman–Crippen MR) is 78.9 cm³/mol. The van der Waals surface area contributed by atoms with Crippen LogP contribution in [0.4, 0.5) is 0 Å². The second kappa shape index (κ2) is 6.17. The van der Waals surface area contributed by atoms with E-state index in [-0.39, 0.29) is 24.2 Å². The van der Waals surface area contributed by atoms with Gasteiger partial charge in [0.25, 0.3) is 0 Å². The van der Waals surface area contributed by atoms with Crippen molar-refractivity contribution in [3.8, 4) is 0 Å². The summed E-state index contributed by atoms with van der Waals surface area (Å²) in [6.07, 6.45) is 1.63. The zero-order valence-corrected chi connectivity index (χ0v) is 14.2. The molecule has 1 heterocycles. The molecule has 0 aliphatic rings. The summed E-state index contributed by atoms with van der Waals surface area (Å²) in [5, 5.41) is 0. The van der Waals surface area contributed by atoms with E-state index in [2.05, 4.69) is 4.98 Å². The minimum Gasteiger partial charge on any atom is -0.460 e. The molecule has 6 nitrogen and oxygen atoms in total. The highest BCUT2D eigenvalue weighted by Crippen LogP contribution is 2.30. The van der Waals surface area contributed by atoms with E-state index in [1.807, 2.05) is 13.8 Å². The Morgan fingerprint density at radius 2 is 1.95 bits per heavy atom. The van der Waals surface area contributed by atoms with Crippen LogP contribution in [0.2, 0.25) is 0 Å². The van der Waals surface area contributed by atoms with E-state index in [0.29, 0.717) is 12.1 Å². The van der Waals surface area contributed by atoms with E-state index >= 15 is 0 Å². The van der Waals surface area contributed by atoms with Gasteiger partial charge in [-0.3, -0.25) is 0 Å². The van der Waals surface area contributed by atoms with E-state index in [0.717, 1.165) is 6.26 Å². The lowest BCUT2D eigenvalue weighted by atomic mass is 10.1. The summed E-state index contributed by atoms with van der Waals surface area (Å²) >= 11 is 0. The van der Waals surface area contributed by atoms with Crippen molar-refractivity contribution in [1.82, 2.24) is 4.98 Å². The van der Waals surface area contributed by atoms with Gasteiger partial charge in [-0.25, -0.2) is 18.2 Å². The summed E-state index contributed by atoms with van der Waals surface area (Å²) in [5.74, 6) is -0.352. The van der Waals surface area contributed by atoms with E-state index in [4.69, 9.17) is 9.15 Å². The maximum atomic E-state index is 11.9. The fourth-order valence-corrected chi connectivity index (χ4v) is 2.05. The minimum atomic E-state index is -3.43. The van der Waals surface area contributed by atoms with Gasteiger partial charge in [-0.2, -0.15) is 0 Å². The smallest absolute Gasteiger partial charge is 0.376 e. The lowest BCUT2D eigenvalue weighted by Crippen LogP contribution is -2.28. The molecule has 0 radical (unpaired) electrons. The number of esters is 1. The fourth-order valence-electron chi connectivity index (χ4n) is 1.65. The number of carbonyl (C=O) groups excluding carboxylic acids is 1. The average Bonchev–Trinajstić information content (AvgIpc) is 2.71. The van der Waals surface area contributed by atoms with Crippen molar-refractivity contribution >= 4 is 15.8 Å². The molecule has 0 amide bonds. The van der Waals surface area contributed by atoms with Gasteiger partial charge in [0.15, 0.2) is 9.84 Å². The first kappa shape index (κ1) is 17.7. The topological polar surface area (TPSA) is 86.5 Å². The number of sulfone groups is 1. The molecule has 0 unspecified atom stereocenters. The second-order valence-corrected chi connectivity index (χ2v) is 8.46. The van der Waals surface area contributed by atoms with Crippen molar-refractivity contribution in [2.75, 3.05) is 12.9 Å². The maximum Gasteiger partial charge on any atom is 0.376 e. The summed E-state index contributed by atoms with van der Waals surface area (Å²) in [6, 6.07) is 0. The van der Waals surface area contributed by atoms with Crippen LogP contribution in [0.25, 0.3) is 0 Å². The van der Waals surface area contributed by atoms with Gasteiger partial charge in [0, 0.05) is 6.26 Å². The van der Waals surface area contributed by atoms with Crippen molar-refractivity contribution in [2.24, 2.45) is 5.92 Å². The third-order valence-corrected chi connectivity index (χ3v) is 5.23. The van der Waals surface area contributed by atoms with Crippen molar-refractivity contribution in [2.45, 2.75) is 45.8 Å². The molecule has 0 atom stereocenters. The highest BCUT2D eigenvalue weighted by Gasteiger charge is 2.39. The molecule has 1 rings (SSSR count). The Bertz CT molecular complexity index is 613. The molecule has 120 valence electrons. The number of oxazole rings is 1. The zero-order chi connectivity index (χ0) is 16.4. The number of hydrogen-bond donors (Lipinski definition) is 0. The normalized spacial score (nSPS) is 12.7. The van der Waals surface area contributed by atoms with Gasteiger partial charge in [-0.1, -0.05) is 13.8 Å². The van der Waals surface area contributed by atoms with Crippen LogP contribution < -0.4 is 0 Å². The predicted octanol–water partition coefficient (Wildman–Crippen LogP) is 2.33. The van der Waals surface area contributed by atoms with Gasteiger partial charge in [0.05, 0.1) is 12.3 Å². The first-order chi connectivity index (χ1) is 9.50. The summed E-state index contributed by atoms with van der Waals surface area (Å²) < 4.78 is 32.8. The molecule has 0 saturated heterocycles.